The minimum atomic E-state index is -0.477. The van der Waals surface area contributed by atoms with Gasteiger partial charge in [-0.15, -0.1) is 0 Å². The maximum absolute atomic E-state index is 12.1. The van der Waals surface area contributed by atoms with E-state index in [1.54, 1.807) is 18.2 Å². The fourth-order valence-electron chi connectivity index (χ4n) is 2.42. The fourth-order valence-corrected chi connectivity index (χ4v) is 2.86. The number of fused-ring (bicyclic) bond motifs is 1. The second-order valence-corrected chi connectivity index (χ2v) is 6.28. The summed E-state index contributed by atoms with van der Waals surface area (Å²) in [7, 11) is 0. The van der Waals surface area contributed by atoms with Gasteiger partial charge in [0.25, 0.3) is 0 Å². The van der Waals surface area contributed by atoms with E-state index in [2.05, 4.69) is 20.9 Å². The summed E-state index contributed by atoms with van der Waals surface area (Å²) in [6.07, 6.45) is 1.66. The quantitative estimate of drug-likeness (QED) is 0.582. The highest BCUT2D eigenvalue weighted by atomic mass is 79.9. The smallest absolute Gasteiger partial charge is 0.363 e. The van der Waals surface area contributed by atoms with Crippen molar-refractivity contribution >= 4 is 33.9 Å². The van der Waals surface area contributed by atoms with Crippen LogP contribution < -0.4 is 9.47 Å². The second kappa shape index (κ2) is 5.79. The molecule has 2 aliphatic heterocycles. The molecule has 120 valence electrons. The highest BCUT2D eigenvalue weighted by molar-refractivity contribution is 9.10. The van der Waals surface area contributed by atoms with Crippen LogP contribution >= 0.6 is 15.9 Å². The maximum atomic E-state index is 12.1. The number of hydrogen-bond acceptors (Lipinski definition) is 5. The molecule has 0 spiro atoms. The van der Waals surface area contributed by atoms with Gasteiger partial charge in [-0.05, 0) is 42.8 Å². The van der Waals surface area contributed by atoms with Gasteiger partial charge >= 0.3 is 5.97 Å². The molecular weight excluding hydrogens is 374 g/mol. The van der Waals surface area contributed by atoms with Gasteiger partial charge in [0.1, 0.15) is 0 Å². The van der Waals surface area contributed by atoms with E-state index >= 15 is 0 Å². The van der Waals surface area contributed by atoms with Crippen LogP contribution in [0.2, 0.25) is 0 Å². The Morgan fingerprint density at radius 2 is 1.83 bits per heavy atom. The molecule has 0 amide bonds. The molecule has 4 rings (SSSR count). The number of rotatable bonds is 2. The van der Waals surface area contributed by atoms with Crippen molar-refractivity contribution in [2.45, 2.75) is 6.92 Å². The summed E-state index contributed by atoms with van der Waals surface area (Å²) in [4.78, 5) is 16.4. The molecule has 0 saturated heterocycles. The van der Waals surface area contributed by atoms with Gasteiger partial charge < -0.3 is 14.2 Å². The molecule has 0 unspecified atom stereocenters. The molecule has 2 aliphatic rings. The molecule has 2 aromatic carbocycles. The van der Waals surface area contributed by atoms with Crippen LogP contribution in [0.4, 0.5) is 0 Å². The lowest BCUT2D eigenvalue weighted by Gasteiger charge is -2.02. The first kappa shape index (κ1) is 15.0. The Morgan fingerprint density at radius 3 is 2.58 bits per heavy atom. The molecule has 0 aliphatic carbocycles. The Balaban J connectivity index is 1.70. The summed E-state index contributed by atoms with van der Waals surface area (Å²) >= 11 is 3.46. The predicted octanol–water partition coefficient (Wildman–Crippen LogP) is 3.83. The van der Waals surface area contributed by atoms with Crippen molar-refractivity contribution in [3.05, 3.63) is 63.3 Å². The first-order valence-electron chi connectivity index (χ1n) is 7.29. The van der Waals surface area contributed by atoms with Crippen molar-refractivity contribution in [3.63, 3.8) is 0 Å². The zero-order valence-electron chi connectivity index (χ0n) is 12.7. The van der Waals surface area contributed by atoms with E-state index in [1.807, 2.05) is 31.2 Å². The van der Waals surface area contributed by atoms with Gasteiger partial charge in [-0.3, -0.25) is 0 Å². The van der Waals surface area contributed by atoms with Gasteiger partial charge in [0.2, 0.25) is 12.7 Å². The van der Waals surface area contributed by atoms with E-state index < -0.39 is 5.97 Å². The predicted molar refractivity (Wildman–Crippen MR) is 92.1 cm³/mol. The molecule has 6 heteroatoms. The molecule has 5 nitrogen and oxygen atoms in total. The Morgan fingerprint density at radius 1 is 1.12 bits per heavy atom. The average molecular weight is 386 g/mol. The van der Waals surface area contributed by atoms with E-state index in [4.69, 9.17) is 14.2 Å². The second-order valence-electron chi connectivity index (χ2n) is 5.43. The lowest BCUT2D eigenvalue weighted by molar-refractivity contribution is -0.129. The Hall–Kier alpha value is -2.60. The lowest BCUT2D eigenvalue weighted by Crippen LogP contribution is -2.05. The molecule has 0 atom stereocenters. The lowest BCUT2D eigenvalue weighted by atomic mass is 10.1. The molecular formula is C18H12BrNO4. The van der Waals surface area contributed by atoms with Crippen LogP contribution in [0.3, 0.4) is 0 Å². The van der Waals surface area contributed by atoms with Crippen LogP contribution in [0.5, 0.6) is 11.5 Å². The molecule has 0 N–H and O–H groups in total. The number of carbonyl (C=O) groups is 1. The van der Waals surface area contributed by atoms with Crippen molar-refractivity contribution in [2.75, 3.05) is 6.79 Å². The number of carbonyl (C=O) groups excluding carboxylic acids is 1. The van der Waals surface area contributed by atoms with Crippen LogP contribution in [0.1, 0.15) is 16.7 Å². The van der Waals surface area contributed by atoms with Gasteiger partial charge in [-0.1, -0.05) is 33.6 Å². The largest absolute Gasteiger partial charge is 0.454 e. The van der Waals surface area contributed by atoms with Gasteiger partial charge in [0, 0.05) is 10.0 Å². The number of aryl methyl sites for hydroxylation is 1. The SMILES string of the molecule is Cc1ccc(C2=N/C(=C/c3cc4c(cc3Br)OCO4)C(=O)O2)cc1. The Labute approximate surface area is 146 Å². The average Bonchev–Trinajstić information content (AvgIpc) is 3.15. The number of hydrogen-bond donors (Lipinski definition) is 0. The standard InChI is InChI=1S/C18H12BrNO4/c1-10-2-4-11(5-3-10)17-20-14(18(21)24-17)6-12-7-15-16(8-13(12)19)23-9-22-15/h2-8H,9H2,1H3/b14-6+. The van der Waals surface area contributed by atoms with Crippen LogP contribution in [0.25, 0.3) is 6.08 Å². The summed E-state index contributed by atoms with van der Waals surface area (Å²) in [5, 5.41) is 0. The Bertz CT molecular complexity index is 900. The highest BCUT2D eigenvalue weighted by Gasteiger charge is 2.25. The molecule has 0 radical (unpaired) electrons. The first-order chi connectivity index (χ1) is 11.6. The van der Waals surface area contributed by atoms with Crippen LogP contribution in [0.15, 0.2) is 51.6 Å². The number of cyclic esters (lactones) is 1. The summed E-state index contributed by atoms with van der Waals surface area (Å²) < 4.78 is 16.7. The van der Waals surface area contributed by atoms with E-state index in [0.29, 0.717) is 17.4 Å². The van der Waals surface area contributed by atoms with E-state index in [0.717, 1.165) is 21.2 Å². The summed E-state index contributed by atoms with van der Waals surface area (Å²) in [5.41, 5.74) is 2.90. The van der Waals surface area contributed by atoms with E-state index in [1.165, 1.54) is 0 Å². The third-order valence-corrected chi connectivity index (χ3v) is 4.39. The zero-order chi connectivity index (χ0) is 16.7. The first-order valence-corrected chi connectivity index (χ1v) is 8.08. The van der Waals surface area contributed by atoms with Crippen molar-refractivity contribution in [3.8, 4) is 11.5 Å². The number of esters is 1. The van der Waals surface area contributed by atoms with Crippen molar-refractivity contribution in [2.24, 2.45) is 4.99 Å². The molecule has 2 heterocycles. The van der Waals surface area contributed by atoms with Crippen molar-refractivity contribution in [1.82, 2.24) is 0 Å². The number of halogens is 1. The van der Waals surface area contributed by atoms with Gasteiger partial charge in [-0.25, -0.2) is 9.79 Å². The van der Waals surface area contributed by atoms with Crippen LogP contribution in [-0.2, 0) is 9.53 Å². The highest BCUT2D eigenvalue weighted by Crippen LogP contribution is 2.38. The van der Waals surface area contributed by atoms with Crippen molar-refractivity contribution in [1.29, 1.82) is 0 Å². The minimum absolute atomic E-state index is 0.194. The summed E-state index contributed by atoms with van der Waals surface area (Å²) in [5.74, 6) is 1.14. The molecule has 24 heavy (non-hydrogen) atoms. The number of benzene rings is 2. The van der Waals surface area contributed by atoms with Crippen LogP contribution in [-0.4, -0.2) is 18.7 Å². The molecule has 0 bridgehead atoms. The van der Waals surface area contributed by atoms with E-state index in [-0.39, 0.29) is 12.5 Å². The fraction of sp³-hybridized carbons (Fsp3) is 0.111. The van der Waals surface area contributed by atoms with Crippen LogP contribution in [0, 0.1) is 6.92 Å². The number of ether oxygens (including phenoxy) is 3. The number of nitrogens with zero attached hydrogens (tertiary/aromatic N) is 1. The number of aliphatic imine (C=N–C) groups is 1. The van der Waals surface area contributed by atoms with Gasteiger partial charge in [-0.2, -0.15) is 0 Å². The monoisotopic (exact) mass is 385 g/mol. The summed E-state index contributed by atoms with van der Waals surface area (Å²) in [6.45, 7) is 2.19. The van der Waals surface area contributed by atoms with E-state index in [9.17, 15) is 4.79 Å². The zero-order valence-corrected chi connectivity index (χ0v) is 14.3. The third-order valence-electron chi connectivity index (χ3n) is 3.70. The third kappa shape index (κ3) is 2.69. The minimum Gasteiger partial charge on any atom is -0.454 e. The normalized spacial score (nSPS) is 17.2. The molecule has 0 saturated carbocycles. The molecule has 0 aromatic heterocycles. The maximum Gasteiger partial charge on any atom is 0.363 e. The Kier molecular flexibility index (Phi) is 3.61. The molecule has 0 fully saturated rings. The topological polar surface area (TPSA) is 57.1 Å². The van der Waals surface area contributed by atoms with Gasteiger partial charge in [0.05, 0.1) is 0 Å². The van der Waals surface area contributed by atoms with Gasteiger partial charge in [0.15, 0.2) is 17.2 Å². The van der Waals surface area contributed by atoms with Crippen molar-refractivity contribution < 1.29 is 19.0 Å². The summed E-state index contributed by atoms with van der Waals surface area (Å²) in [6, 6.07) is 11.2. The molecule has 2 aromatic rings.